The van der Waals surface area contributed by atoms with Gasteiger partial charge in [0.15, 0.2) is 0 Å². The van der Waals surface area contributed by atoms with Gasteiger partial charge in [-0.15, -0.1) is 0 Å². The molecule has 0 aromatic heterocycles. The minimum absolute atomic E-state index is 0.258. The Balaban J connectivity index is 2.59. The zero-order valence-corrected chi connectivity index (χ0v) is 9.22. The summed E-state index contributed by atoms with van der Waals surface area (Å²) in [6.07, 6.45) is 1.48. The number of nitrogens with zero attached hydrogens (tertiary/aromatic N) is 3. The van der Waals surface area contributed by atoms with Gasteiger partial charge < -0.3 is 14.9 Å². The average Bonchev–Trinajstić information content (AvgIpc) is 2.73. The molecule has 2 amide bonds. The van der Waals surface area contributed by atoms with Gasteiger partial charge in [-0.2, -0.15) is 5.26 Å². The normalized spacial score (nSPS) is 19.2. The molecule has 1 N–H and O–H groups in total. The number of amides is 2. The van der Waals surface area contributed by atoms with Crippen molar-refractivity contribution in [1.82, 2.24) is 9.80 Å². The van der Waals surface area contributed by atoms with E-state index in [1.807, 2.05) is 6.07 Å². The fourth-order valence-electron chi connectivity index (χ4n) is 1.79. The highest BCUT2D eigenvalue weighted by molar-refractivity contribution is 5.83. The first-order chi connectivity index (χ1) is 7.57. The second-order valence-electron chi connectivity index (χ2n) is 3.80. The van der Waals surface area contributed by atoms with Crippen LogP contribution in [0.15, 0.2) is 0 Å². The lowest BCUT2D eigenvalue weighted by atomic mass is 10.2. The van der Waals surface area contributed by atoms with Crippen LogP contribution in [0.3, 0.4) is 0 Å². The van der Waals surface area contributed by atoms with Gasteiger partial charge in [-0.3, -0.25) is 0 Å². The lowest BCUT2D eigenvalue weighted by molar-refractivity contribution is -0.141. The van der Waals surface area contributed by atoms with Crippen LogP contribution < -0.4 is 0 Å². The van der Waals surface area contributed by atoms with Gasteiger partial charge in [0.1, 0.15) is 6.04 Å². The molecule has 6 heteroatoms. The van der Waals surface area contributed by atoms with E-state index in [0.29, 0.717) is 19.5 Å². The first-order valence-electron chi connectivity index (χ1n) is 5.19. The quantitative estimate of drug-likeness (QED) is 0.758. The van der Waals surface area contributed by atoms with Crippen LogP contribution in [0.2, 0.25) is 0 Å². The number of urea groups is 1. The summed E-state index contributed by atoms with van der Waals surface area (Å²) < 4.78 is 0. The molecule has 16 heavy (non-hydrogen) atoms. The number of carboxylic acids is 1. The van der Waals surface area contributed by atoms with E-state index in [1.54, 1.807) is 7.05 Å². The Labute approximate surface area is 94.0 Å². The molecule has 1 heterocycles. The molecule has 0 radical (unpaired) electrons. The number of hydrogen-bond donors (Lipinski definition) is 1. The zero-order chi connectivity index (χ0) is 12.1. The summed E-state index contributed by atoms with van der Waals surface area (Å²) >= 11 is 0. The third-order valence-corrected chi connectivity index (χ3v) is 2.67. The molecule has 0 aromatic rings. The van der Waals surface area contributed by atoms with Crippen LogP contribution in [-0.4, -0.2) is 53.1 Å². The Morgan fingerprint density at radius 1 is 1.62 bits per heavy atom. The van der Waals surface area contributed by atoms with E-state index >= 15 is 0 Å². The molecule has 0 aromatic carbocycles. The summed E-state index contributed by atoms with van der Waals surface area (Å²) in [5, 5.41) is 17.3. The van der Waals surface area contributed by atoms with Crippen molar-refractivity contribution in [1.29, 1.82) is 5.26 Å². The molecule has 0 spiro atoms. The van der Waals surface area contributed by atoms with Gasteiger partial charge in [-0.1, -0.05) is 0 Å². The summed E-state index contributed by atoms with van der Waals surface area (Å²) in [7, 11) is 1.58. The molecule has 1 unspecified atom stereocenters. The maximum absolute atomic E-state index is 11.8. The second-order valence-corrected chi connectivity index (χ2v) is 3.80. The van der Waals surface area contributed by atoms with E-state index < -0.39 is 12.0 Å². The van der Waals surface area contributed by atoms with Crippen molar-refractivity contribution in [2.75, 3.05) is 20.1 Å². The SMILES string of the molecule is CN(CCC#N)C(=O)N1CCCC1C(=O)O. The fraction of sp³-hybridized carbons (Fsp3) is 0.700. The summed E-state index contributed by atoms with van der Waals surface area (Å²) in [5.41, 5.74) is 0. The molecule has 1 atom stereocenters. The summed E-state index contributed by atoms with van der Waals surface area (Å²) in [5.74, 6) is -0.959. The van der Waals surface area contributed by atoms with Crippen LogP contribution >= 0.6 is 0 Å². The maximum Gasteiger partial charge on any atom is 0.326 e. The van der Waals surface area contributed by atoms with Crippen LogP contribution in [0.1, 0.15) is 19.3 Å². The largest absolute Gasteiger partial charge is 0.480 e. The minimum Gasteiger partial charge on any atom is -0.480 e. The van der Waals surface area contributed by atoms with Crippen molar-refractivity contribution in [3.8, 4) is 6.07 Å². The Hall–Kier alpha value is -1.77. The molecule has 1 rings (SSSR count). The second kappa shape index (κ2) is 5.35. The van der Waals surface area contributed by atoms with E-state index in [9.17, 15) is 9.59 Å². The molecular weight excluding hydrogens is 210 g/mol. The van der Waals surface area contributed by atoms with Gasteiger partial charge in [-0.25, -0.2) is 9.59 Å². The molecule has 1 saturated heterocycles. The number of likely N-dealkylation sites (tertiary alicyclic amines) is 1. The first kappa shape index (κ1) is 12.3. The van der Waals surface area contributed by atoms with E-state index in [0.717, 1.165) is 6.42 Å². The highest BCUT2D eigenvalue weighted by Gasteiger charge is 2.35. The van der Waals surface area contributed by atoms with E-state index in [2.05, 4.69) is 0 Å². The van der Waals surface area contributed by atoms with Crippen molar-refractivity contribution < 1.29 is 14.7 Å². The molecular formula is C10H15N3O3. The molecule has 6 nitrogen and oxygen atoms in total. The van der Waals surface area contributed by atoms with Gasteiger partial charge in [0.05, 0.1) is 12.5 Å². The van der Waals surface area contributed by atoms with Crippen LogP contribution in [0, 0.1) is 11.3 Å². The number of hydrogen-bond acceptors (Lipinski definition) is 3. The van der Waals surface area contributed by atoms with Crippen molar-refractivity contribution in [2.24, 2.45) is 0 Å². The molecule has 1 aliphatic rings. The number of carbonyl (C=O) groups excluding carboxylic acids is 1. The summed E-state index contributed by atoms with van der Waals surface area (Å²) in [6, 6.07) is 0.933. The van der Waals surface area contributed by atoms with Gasteiger partial charge in [0.2, 0.25) is 0 Å². The minimum atomic E-state index is -0.959. The van der Waals surface area contributed by atoms with Crippen LogP contribution in [-0.2, 0) is 4.79 Å². The lowest BCUT2D eigenvalue weighted by Gasteiger charge is -2.27. The highest BCUT2D eigenvalue weighted by Crippen LogP contribution is 2.18. The predicted molar refractivity (Wildman–Crippen MR) is 55.6 cm³/mol. The number of rotatable bonds is 3. The Kier molecular flexibility index (Phi) is 4.11. The topological polar surface area (TPSA) is 84.6 Å². The molecule has 0 aliphatic carbocycles. The predicted octanol–water partition coefficient (Wildman–Crippen LogP) is 0.501. The van der Waals surface area contributed by atoms with Crippen LogP contribution in [0.25, 0.3) is 0 Å². The molecule has 0 bridgehead atoms. The standard InChI is InChI=1S/C10H15N3O3/c1-12(6-3-5-11)10(16)13-7-2-4-8(13)9(14)15/h8H,2-4,6-7H2,1H3,(H,14,15). The first-order valence-corrected chi connectivity index (χ1v) is 5.19. The van der Waals surface area contributed by atoms with Gasteiger partial charge in [0.25, 0.3) is 0 Å². The Morgan fingerprint density at radius 2 is 2.31 bits per heavy atom. The van der Waals surface area contributed by atoms with E-state index in [1.165, 1.54) is 9.80 Å². The van der Waals surface area contributed by atoms with Gasteiger partial charge >= 0.3 is 12.0 Å². The van der Waals surface area contributed by atoms with Crippen LogP contribution in [0.5, 0.6) is 0 Å². The third kappa shape index (κ3) is 2.63. The average molecular weight is 225 g/mol. The molecule has 1 fully saturated rings. The smallest absolute Gasteiger partial charge is 0.326 e. The van der Waals surface area contributed by atoms with Crippen LogP contribution in [0.4, 0.5) is 4.79 Å². The molecule has 88 valence electrons. The third-order valence-electron chi connectivity index (χ3n) is 2.67. The van der Waals surface area contributed by atoms with Crippen molar-refractivity contribution >= 4 is 12.0 Å². The Morgan fingerprint density at radius 3 is 2.88 bits per heavy atom. The molecule has 1 aliphatic heterocycles. The van der Waals surface area contributed by atoms with Gasteiger partial charge in [-0.05, 0) is 12.8 Å². The van der Waals surface area contributed by atoms with Crippen molar-refractivity contribution in [2.45, 2.75) is 25.3 Å². The fourth-order valence-corrected chi connectivity index (χ4v) is 1.79. The van der Waals surface area contributed by atoms with Crippen molar-refractivity contribution in [3.63, 3.8) is 0 Å². The zero-order valence-electron chi connectivity index (χ0n) is 9.22. The molecule has 0 saturated carbocycles. The number of carboxylic acid groups (broad SMARTS) is 1. The highest BCUT2D eigenvalue weighted by atomic mass is 16.4. The lowest BCUT2D eigenvalue weighted by Crippen LogP contribution is -2.46. The summed E-state index contributed by atoms with van der Waals surface area (Å²) in [4.78, 5) is 25.5. The monoisotopic (exact) mass is 225 g/mol. The van der Waals surface area contributed by atoms with E-state index in [-0.39, 0.29) is 12.5 Å². The van der Waals surface area contributed by atoms with Crippen molar-refractivity contribution in [3.05, 3.63) is 0 Å². The number of carbonyl (C=O) groups is 2. The number of nitriles is 1. The number of aliphatic carboxylic acids is 1. The van der Waals surface area contributed by atoms with Gasteiger partial charge in [0, 0.05) is 20.1 Å². The summed E-state index contributed by atoms with van der Waals surface area (Å²) in [6.45, 7) is 0.810. The van der Waals surface area contributed by atoms with E-state index in [4.69, 9.17) is 10.4 Å². The maximum atomic E-state index is 11.8. The Bertz CT molecular complexity index is 324.